The third-order valence-electron chi connectivity index (χ3n) is 19.4. The van der Waals surface area contributed by atoms with E-state index in [4.69, 9.17) is 14.5 Å². The minimum absolute atomic E-state index is 0.0226. The number of rotatable bonds is 20. The molecule has 0 spiro atoms. The molecule has 2 N–H and O–H groups in total. The molecule has 13 heteroatoms. The molecule has 4 aliphatic heterocycles. The van der Waals surface area contributed by atoms with Crippen LogP contribution in [0.25, 0.3) is 17.7 Å². The molecule has 0 aromatic heterocycles. The van der Waals surface area contributed by atoms with Gasteiger partial charge in [0.25, 0.3) is 5.91 Å². The van der Waals surface area contributed by atoms with Crippen LogP contribution >= 0.6 is 0 Å². The van der Waals surface area contributed by atoms with Gasteiger partial charge in [-0.25, -0.2) is 4.58 Å². The number of aliphatic hydroxyl groups is 1. The van der Waals surface area contributed by atoms with Crippen LogP contribution in [-0.4, -0.2) is 118 Å². The van der Waals surface area contributed by atoms with E-state index >= 15 is 0 Å². The van der Waals surface area contributed by atoms with Crippen molar-refractivity contribution < 1.29 is 33.8 Å². The molecule has 0 bridgehead atoms. The second-order valence-corrected chi connectivity index (χ2v) is 27.2. The van der Waals surface area contributed by atoms with Gasteiger partial charge in [-0.1, -0.05) is 107 Å². The highest BCUT2D eigenvalue weighted by Crippen LogP contribution is 2.50. The SMILES string of the molecule is CCN1c2cc3c(cc2C(C)CC1(C)C)C(c1ccccc1C(=O)N(C)CCCC(=O)NCCOCCOCCC(=NCCC(=O)N1Cc2ccccc2/C=C\c2ccccc21)C1=C(O)CC(C)(C)CC1=O)=c1cc2c4c(c1C3(C)C)CCC[N+]=4CCC2. The van der Waals surface area contributed by atoms with Gasteiger partial charge in [-0.15, -0.1) is 0 Å². The van der Waals surface area contributed by atoms with Crippen LogP contribution in [-0.2, 0) is 48.7 Å². The van der Waals surface area contributed by atoms with E-state index in [1.54, 1.807) is 4.90 Å². The number of aliphatic imine (C=N–C) groups is 1. The lowest BCUT2D eigenvalue weighted by Gasteiger charge is -2.48. The van der Waals surface area contributed by atoms with Gasteiger partial charge in [0.1, 0.15) is 18.8 Å². The minimum Gasteiger partial charge on any atom is -0.511 e. The number of benzene rings is 5. The molecule has 0 saturated heterocycles. The molecule has 0 fully saturated rings. The number of ether oxygens (including phenoxy) is 2. The molecule has 13 nitrogen and oxygen atoms in total. The molecule has 462 valence electrons. The summed E-state index contributed by atoms with van der Waals surface area (Å²) in [6, 6.07) is 31.7. The Balaban J connectivity index is 0.694. The fourth-order valence-corrected chi connectivity index (χ4v) is 15.4. The number of ketones is 1. The van der Waals surface area contributed by atoms with Gasteiger partial charge in [0.2, 0.25) is 17.2 Å². The van der Waals surface area contributed by atoms with Crippen molar-refractivity contribution in [1.82, 2.24) is 14.8 Å². The number of carbonyl (C=O) groups is 4. The number of hydrogen-bond acceptors (Lipinski definition) is 9. The third-order valence-corrected chi connectivity index (χ3v) is 19.4. The first kappa shape index (κ1) is 62.1. The van der Waals surface area contributed by atoms with Crippen LogP contribution in [0.4, 0.5) is 11.4 Å². The zero-order chi connectivity index (χ0) is 62.1. The van der Waals surface area contributed by atoms with Crippen LogP contribution < -0.4 is 30.3 Å². The van der Waals surface area contributed by atoms with Crippen molar-refractivity contribution in [3.63, 3.8) is 0 Å². The first-order chi connectivity index (χ1) is 42.3. The van der Waals surface area contributed by atoms with Crippen molar-refractivity contribution in [2.75, 3.05) is 82.5 Å². The summed E-state index contributed by atoms with van der Waals surface area (Å²) < 4.78 is 14.4. The van der Waals surface area contributed by atoms with Gasteiger partial charge in [-0.3, -0.25) is 24.2 Å². The van der Waals surface area contributed by atoms with Crippen molar-refractivity contribution in [2.45, 2.75) is 149 Å². The van der Waals surface area contributed by atoms with Crippen LogP contribution in [0.3, 0.4) is 0 Å². The van der Waals surface area contributed by atoms with Crippen LogP contribution in [0, 0.1) is 5.41 Å². The van der Waals surface area contributed by atoms with Crippen molar-refractivity contribution in [3.05, 3.63) is 174 Å². The molecule has 11 rings (SSSR count). The van der Waals surface area contributed by atoms with Gasteiger partial charge >= 0.3 is 0 Å². The summed E-state index contributed by atoms with van der Waals surface area (Å²) in [4.78, 5) is 66.7. The largest absolute Gasteiger partial charge is 0.511 e. The molecule has 0 saturated carbocycles. The number of allylic oxidation sites excluding steroid dienone is 2. The Kier molecular flexibility index (Phi) is 18.3. The van der Waals surface area contributed by atoms with Crippen molar-refractivity contribution in [3.8, 4) is 0 Å². The average Bonchev–Trinajstić information content (AvgIpc) is 0.700. The lowest BCUT2D eigenvalue weighted by atomic mass is 9.64. The molecule has 88 heavy (non-hydrogen) atoms. The van der Waals surface area contributed by atoms with E-state index in [0.29, 0.717) is 56.3 Å². The number of aliphatic hydroxyl groups excluding tert-OH is 1. The van der Waals surface area contributed by atoms with Crippen molar-refractivity contribution in [2.24, 2.45) is 10.4 Å². The average molecular weight is 1190 g/mol. The zero-order valence-electron chi connectivity index (χ0n) is 53.6. The molecule has 0 radical (unpaired) electrons. The van der Waals surface area contributed by atoms with Gasteiger partial charge in [0.05, 0.1) is 49.9 Å². The van der Waals surface area contributed by atoms with E-state index in [1.807, 2.05) is 92.5 Å². The number of carbonyl (C=O) groups excluding carboxylic acids is 4. The highest BCUT2D eigenvalue weighted by atomic mass is 16.5. The Morgan fingerprint density at radius 1 is 0.795 bits per heavy atom. The summed E-state index contributed by atoms with van der Waals surface area (Å²) in [5.74, 6) is -0.0321. The molecule has 2 aliphatic carbocycles. The number of amides is 3. The number of hydrogen-bond donors (Lipinski definition) is 2. The van der Waals surface area contributed by atoms with E-state index in [9.17, 15) is 24.3 Å². The van der Waals surface area contributed by atoms with E-state index in [1.165, 1.54) is 49.6 Å². The normalized spacial score (nSPS) is 19.1. The monoisotopic (exact) mass is 1190 g/mol. The molecule has 6 aliphatic rings. The first-order valence-electron chi connectivity index (χ1n) is 32.5. The molecule has 1 unspecified atom stereocenters. The zero-order valence-corrected chi connectivity index (χ0v) is 53.6. The number of nitrogens with one attached hydrogen (secondary N) is 1. The number of aryl methyl sites for hydroxylation is 1. The fourth-order valence-electron chi connectivity index (χ4n) is 15.4. The lowest BCUT2D eigenvalue weighted by molar-refractivity contribution is -0.121. The number of para-hydroxylation sites is 1. The molecule has 1 atom stereocenters. The highest BCUT2D eigenvalue weighted by Gasteiger charge is 2.43. The molecule has 4 heterocycles. The summed E-state index contributed by atoms with van der Waals surface area (Å²) >= 11 is 0. The lowest BCUT2D eigenvalue weighted by Crippen LogP contribution is -2.50. The fraction of sp³-hybridized carbons (Fsp3) is 0.467. The van der Waals surface area contributed by atoms with Crippen LogP contribution in [0.15, 0.2) is 107 Å². The Morgan fingerprint density at radius 2 is 1.51 bits per heavy atom. The van der Waals surface area contributed by atoms with Gasteiger partial charge in [-0.05, 0) is 143 Å². The highest BCUT2D eigenvalue weighted by molar-refractivity contribution is 6.23. The van der Waals surface area contributed by atoms with E-state index in [2.05, 4.69) is 92.7 Å². The topological polar surface area (TPSA) is 144 Å². The smallest absolute Gasteiger partial charge is 0.254 e. The Bertz CT molecular complexity index is 3790. The predicted octanol–water partition coefficient (Wildman–Crippen LogP) is 11.2. The summed E-state index contributed by atoms with van der Waals surface area (Å²) in [6.07, 6.45) is 11.4. The molecule has 5 aromatic carbocycles. The van der Waals surface area contributed by atoms with E-state index in [0.717, 1.165) is 85.3 Å². The number of fused-ring (bicyclic) bond motifs is 6. The number of Topliss-reactive ketones (excluding diaryl/α,β-unsaturated/α-hetero) is 1. The van der Waals surface area contributed by atoms with Crippen LogP contribution in [0.1, 0.15) is 185 Å². The van der Waals surface area contributed by atoms with Gasteiger partial charge in [0.15, 0.2) is 5.78 Å². The number of anilines is 2. The van der Waals surface area contributed by atoms with Crippen LogP contribution in [0.2, 0.25) is 0 Å². The Morgan fingerprint density at radius 3 is 2.30 bits per heavy atom. The quantitative estimate of drug-likeness (QED) is 0.0445. The maximum Gasteiger partial charge on any atom is 0.254 e. The first-order valence-corrected chi connectivity index (χ1v) is 32.5. The summed E-state index contributed by atoms with van der Waals surface area (Å²) in [5.41, 5.74) is 16.3. The Hall–Kier alpha value is -7.48. The van der Waals surface area contributed by atoms with Crippen molar-refractivity contribution >= 4 is 58.3 Å². The number of nitrogens with zero attached hydrogens (tertiary/aromatic N) is 5. The molecular formula is C75H91N6O7+. The van der Waals surface area contributed by atoms with Crippen LogP contribution in [0.5, 0.6) is 0 Å². The van der Waals surface area contributed by atoms with Gasteiger partial charge < -0.3 is 34.6 Å². The summed E-state index contributed by atoms with van der Waals surface area (Å²) in [5, 5.41) is 16.9. The molecule has 5 aromatic rings. The minimum atomic E-state index is -0.378. The second kappa shape index (κ2) is 25.9. The Labute approximate surface area is 520 Å². The summed E-state index contributed by atoms with van der Waals surface area (Å²) in [7, 11) is 1.85. The maximum atomic E-state index is 14.9. The van der Waals surface area contributed by atoms with Gasteiger partial charge in [-0.2, -0.15) is 0 Å². The molecular weight excluding hydrogens is 1100 g/mol. The molecule has 3 amide bonds. The standard InChI is InChI=1S/C75H90N6O7/c1-10-81-63-44-60-58(43-57(63)49(2)45-74(81,5)6)68(59-42-52-23-17-36-79-37-18-26-56(71(52)79)70(59)75(60,7)8)54-24-14-15-25-55(54)72(86)78(9)35-19-28-66(84)77-34-39-88-41-40-87-38-32-61(69-64(82)46-73(3,4)47-65(69)83)76-33-31-67(85)80-48-53-22-12-11-20-50(53)29-30-51-21-13-16-27-62(51)80/h11-16,20-22,24-25,27,29-30,42-44,49H,10,17-19,23,26,28,31-41,45-48H2,1-9H3,(H-,76,77,82,83,84)/p+1/b30-29-. The third kappa shape index (κ3) is 12.6. The predicted molar refractivity (Wildman–Crippen MR) is 353 cm³/mol. The van der Waals surface area contributed by atoms with Crippen molar-refractivity contribution in [1.29, 1.82) is 0 Å². The van der Waals surface area contributed by atoms with E-state index in [-0.39, 0.29) is 103 Å². The second-order valence-electron chi connectivity index (χ2n) is 27.2. The van der Waals surface area contributed by atoms with Gasteiger partial charge in [0, 0.05) is 112 Å². The maximum absolute atomic E-state index is 14.9. The van der Waals surface area contributed by atoms with E-state index < -0.39 is 0 Å². The summed E-state index contributed by atoms with van der Waals surface area (Å²) in [6.45, 7) is 23.7.